The van der Waals surface area contributed by atoms with Gasteiger partial charge >= 0.3 is 0 Å². The molecule has 5 aromatic rings. The van der Waals surface area contributed by atoms with Crippen molar-refractivity contribution in [2.45, 2.75) is 5.41 Å². The molecule has 0 spiro atoms. The molecule has 0 saturated heterocycles. The molecule has 1 atom stereocenters. The molecule has 4 aromatic carbocycles. The molecule has 3 heteroatoms. The van der Waals surface area contributed by atoms with Crippen molar-refractivity contribution < 1.29 is 0 Å². The molecule has 1 unspecified atom stereocenters. The van der Waals surface area contributed by atoms with Crippen LogP contribution in [0.4, 0.5) is 5.69 Å². The SMILES string of the molecule is O=Nc1ccccc1-c1cccc2c1-c1ccccc1C2(c1ccccc1)c1ccccn1. The first-order valence-electron chi connectivity index (χ1n) is 11.0. The Morgan fingerprint density at radius 1 is 0.576 bits per heavy atom. The number of hydrogen-bond acceptors (Lipinski definition) is 3. The fraction of sp³-hybridized carbons (Fsp3) is 0.0333. The predicted octanol–water partition coefficient (Wildman–Crippen LogP) is 7.51. The molecule has 1 aliphatic rings. The van der Waals surface area contributed by atoms with E-state index in [9.17, 15) is 4.91 Å². The first kappa shape index (κ1) is 19.3. The molecule has 1 aliphatic carbocycles. The summed E-state index contributed by atoms with van der Waals surface area (Å²) in [6, 6.07) is 39.1. The third-order valence-electron chi connectivity index (χ3n) is 6.62. The highest BCUT2D eigenvalue weighted by Crippen LogP contribution is 2.58. The fourth-order valence-corrected chi connectivity index (χ4v) is 5.34. The van der Waals surface area contributed by atoms with Gasteiger partial charge < -0.3 is 0 Å². The van der Waals surface area contributed by atoms with Crippen LogP contribution in [0.1, 0.15) is 22.4 Å². The second-order valence-electron chi connectivity index (χ2n) is 8.21. The van der Waals surface area contributed by atoms with Gasteiger partial charge in [0.1, 0.15) is 5.69 Å². The van der Waals surface area contributed by atoms with Crippen molar-refractivity contribution in [1.82, 2.24) is 4.98 Å². The van der Waals surface area contributed by atoms with Gasteiger partial charge in [-0.05, 0) is 56.8 Å². The zero-order valence-electron chi connectivity index (χ0n) is 17.8. The van der Waals surface area contributed by atoms with Crippen LogP contribution in [-0.2, 0) is 5.41 Å². The average molecular weight is 425 g/mol. The van der Waals surface area contributed by atoms with E-state index in [-0.39, 0.29) is 0 Å². The van der Waals surface area contributed by atoms with Gasteiger partial charge in [0, 0.05) is 11.8 Å². The van der Waals surface area contributed by atoms with Gasteiger partial charge in [0.05, 0.1) is 11.1 Å². The van der Waals surface area contributed by atoms with Crippen LogP contribution in [0.5, 0.6) is 0 Å². The summed E-state index contributed by atoms with van der Waals surface area (Å²) < 4.78 is 0. The summed E-state index contributed by atoms with van der Waals surface area (Å²) >= 11 is 0. The summed E-state index contributed by atoms with van der Waals surface area (Å²) in [4.78, 5) is 16.5. The van der Waals surface area contributed by atoms with E-state index in [1.54, 1.807) is 6.07 Å². The van der Waals surface area contributed by atoms with Gasteiger partial charge in [-0.3, -0.25) is 4.98 Å². The highest BCUT2D eigenvalue weighted by molar-refractivity contribution is 5.97. The number of nitrogens with zero attached hydrogens (tertiary/aromatic N) is 2. The summed E-state index contributed by atoms with van der Waals surface area (Å²) in [6.45, 7) is 0. The summed E-state index contributed by atoms with van der Waals surface area (Å²) in [6.07, 6.45) is 1.86. The molecule has 1 aromatic heterocycles. The molecule has 0 N–H and O–H groups in total. The molecule has 0 saturated carbocycles. The molecular weight excluding hydrogens is 404 g/mol. The molecule has 3 nitrogen and oxygen atoms in total. The number of benzene rings is 4. The van der Waals surface area contributed by atoms with Crippen molar-refractivity contribution >= 4 is 5.69 Å². The highest BCUT2D eigenvalue weighted by atomic mass is 16.3. The minimum Gasteiger partial charge on any atom is -0.260 e. The number of hydrogen-bond donors (Lipinski definition) is 0. The molecule has 0 radical (unpaired) electrons. The van der Waals surface area contributed by atoms with Gasteiger partial charge in [-0.2, -0.15) is 0 Å². The summed E-state index contributed by atoms with van der Waals surface area (Å²) in [7, 11) is 0. The second-order valence-corrected chi connectivity index (χ2v) is 8.21. The van der Waals surface area contributed by atoms with Gasteiger partial charge in [-0.15, -0.1) is 4.91 Å². The van der Waals surface area contributed by atoms with Crippen LogP contribution in [0.25, 0.3) is 22.3 Å². The molecule has 0 amide bonds. The molecule has 156 valence electrons. The predicted molar refractivity (Wildman–Crippen MR) is 132 cm³/mol. The van der Waals surface area contributed by atoms with Gasteiger partial charge in [0.2, 0.25) is 0 Å². The van der Waals surface area contributed by atoms with E-state index >= 15 is 0 Å². The summed E-state index contributed by atoms with van der Waals surface area (Å²) in [5.74, 6) is 0. The highest BCUT2D eigenvalue weighted by Gasteiger charge is 2.47. The third-order valence-corrected chi connectivity index (χ3v) is 6.62. The Bertz CT molecular complexity index is 1440. The Morgan fingerprint density at radius 2 is 1.24 bits per heavy atom. The molecule has 0 fully saturated rings. The normalized spacial score (nSPS) is 16.1. The number of fused-ring (bicyclic) bond motifs is 3. The van der Waals surface area contributed by atoms with Gasteiger partial charge in [0.15, 0.2) is 0 Å². The molecule has 0 aliphatic heterocycles. The Labute approximate surface area is 192 Å². The lowest BCUT2D eigenvalue weighted by Crippen LogP contribution is -2.29. The van der Waals surface area contributed by atoms with Crippen LogP contribution in [0.15, 0.2) is 127 Å². The van der Waals surface area contributed by atoms with Crippen molar-refractivity contribution in [3.8, 4) is 22.3 Å². The van der Waals surface area contributed by atoms with Crippen LogP contribution in [0.2, 0.25) is 0 Å². The maximum absolute atomic E-state index is 11.7. The minimum atomic E-state index is -0.562. The lowest BCUT2D eigenvalue weighted by atomic mass is 9.69. The minimum absolute atomic E-state index is 0.443. The zero-order chi connectivity index (χ0) is 22.3. The lowest BCUT2D eigenvalue weighted by Gasteiger charge is -2.32. The quantitative estimate of drug-likeness (QED) is 0.275. The monoisotopic (exact) mass is 424 g/mol. The van der Waals surface area contributed by atoms with Crippen LogP contribution in [-0.4, -0.2) is 4.98 Å². The van der Waals surface area contributed by atoms with Crippen molar-refractivity contribution in [2.24, 2.45) is 5.18 Å². The molecule has 6 rings (SSSR count). The van der Waals surface area contributed by atoms with Crippen LogP contribution < -0.4 is 0 Å². The number of rotatable bonds is 4. The zero-order valence-corrected chi connectivity index (χ0v) is 17.8. The Morgan fingerprint density at radius 3 is 2.03 bits per heavy atom. The van der Waals surface area contributed by atoms with Crippen LogP contribution in [0.3, 0.4) is 0 Å². The fourth-order valence-electron chi connectivity index (χ4n) is 5.34. The number of aromatic nitrogens is 1. The van der Waals surface area contributed by atoms with E-state index in [2.05, 4.69) is 78.0 Å². The standard InChI is InChI=1S/C30H20N2O/c33-32-27-18-7-5-13-22(27)23-15-10-17-26-29(23)24-14-4-6-16-25(24)30(26,21-11-2-1-3-12-21)28-19-8-9-20-31-28/h1-20H. The largest absolute Gasteiger partial charge is 0.260 e. The van der Waals surface area contributed by atoms with E-state index < -0.39 is 5.41 Å². The van der Waals surface area contributed by atoms with Crippen molar-refractivity contribution in [2.75, 3.05) is 0 Å². The Kier molecular flexibility index (Phi) is 4.48. The van der Waals surface area contributed by atoms with Crippen LogP contribution in [0, 0.1) is 4.91 Å². The third kappa shape index (κ3) is 2.72. The number of nitroso groups, excluding NO2 is 1. The van der Waals surface area contributed by atoms with E-state index in [0.717, 1.165) is 39.1 Å². The summed E-state index contributed by atoms with van der Waals surface area (Å²) in [5, 5.41) is 3.32. The second kappa shape index (κ2) is 7.64. The van der Waals surface area contributed by atoms with Crippen molar-refractivity contribution in [3.63, 3.8) is 0 Å². The van der Waals surface area contributed by atoms with E-state index in [0.29, 0.717) is 5.69 Å². The van der Waals surface area contributed by atoms with E-state index in [1.807, 2.05) is 42.6 Å². The number of pyridine rings is 1. The molecular formula is C30H20N2O. The first-order chi connectivity index (χ1) is 16.4. The topological polar surface area (TPSA) is 42.3 Å². The first-order valence-corrected chi connectivity index (χ1v) is 11.0. The Balaban J connectivity index is 1.79. The van der Waals surface area contributed by atoms with Gasteiger partial charge in [-0.1, -0.05) is 97.1 Å². The van der Waals surface area contributed by atoms with Crippen molar-refractivity contribution in [1.29, 1.82) is 0 Å². The van der Waals surface area contributed by atoms with Gasteiger partial charge in [-0.25, -0.2) is 0 Å². The smallest absolute Gasteiger partial charge is 0.115 e. The lowest BCUT2D eigenvalue weighted by molar-refractivity contribution is 0.735. The Hall–Kier alpha value is -4.37. The molecule has 33 heavy (non-hydrogen) atoms. The maximum atomic E-state index is 11.7. The molecule has 0 bridgehead atoms. The van der Waals surface area contributed by atoms with Crippen molar-refractivity contribution in [3.05, 3.63) is 149 Å². The van der Waals surface area contributed by atoms with Gasteiger partial charge in [0.25, 0.3) is 0 Å². The van der Waals surface area contributed by atoms with E-state index in [1.165, 1.54) is 5.56 Å². The van der Waals surface area contributed by atoms with E-state index in [4.69, 9.17) is 4.98 Å². The maximum Gasteiger partial charge on any atom is 0.115 e. The van der Waals surface area contributed by atoms with Crippen LogP contribution >= 0.6 is 0 Å². The molecule has 1 heterocycles. The summed E-state index contributed by atoms with van der Waals surface area (Å²) in [5.41, 5.74) is 8.48. The average Bonchev–Trinajstić information content (AvgIpc) is 3.21.